The van der Waals surface area contributed by atoms with Gasteiger partial charge >= 0.3 is 12.4 Å². The number of halogens is 6. The van der Waals surface area contributed by atoms with Crippen molar-refractivity contribution in [2.75, 3.05) is 24.7 Å². The summed E-state index contributed by atoms with van der Waals surface area (Å²) in [6.07, 6.45) is -12.2. The molecule has 0 spiro atoms. The SMILES string of the molecule is CC(C)N(C(C)C)P(OCCC#N)OC1CCSSC1(C)CCC(C)N(C(C)C)P(OCCC#N)OC1CCSSC1(C(F)(F)F)C(F)(F)F. The Morgan fingerprint density at radius 3 is 1.64 bits per heavy atom. The van der Waals surface area contributed by atoms with E-state index in [1.165, 1.54) is 0 Å². The van der Waals surface area contributed by atoms with Gasteiger partial charge in [0.05, 0.1) is 55.1 Å². The fourth-order valence-corrected chi connectivity index (χ4v) is 15.6. The van der Waals surface area contributed by atoms with Crippen molar-refractivity contribution in [3.05, 3.63) is 0 Å². The highest BCUT2D eigenvalue weighted by atomic mass is 33.1. The van der Waals surface area contributed by atoms with Crippen LogP contribution in [0, 0.1) is 22.7 Å². The standard InChI is InChI=1S/C30H50F6N4O4P2S4/c1-21(2)39(22(3)4)45(41-17-9-15-37)43-25-12-19-47-49-27(25,8)14-11-24(7)40(23(5)6)46(42-18-10-16-38)44-26-13-20-48-50-28(26,29(31,32)33)30(34,35)36/h21-26H,9-14,17-20H2,1-8H3. The van der Waals surface area contributed by atoms with Crippen LogP contribution in [0.1, 0.15) is 93.9 Å². The molecule has 8 nitrogen and oxygen atoms in total. The maximum atomic E-state index is 14.4. The van der Waals surface area contributed by atoms with E-state index < -0.39 is 51.4 Å². The van der Waals surface area contributed by atoms with E-state index in [9.17, 15) is 26.3 Å². The van der Waals surface area contributed by atoms with Crippen LogP contribution in [0.5, 0.6) is 0 Å². The smallest absolute Gasteiger partial charge is 0.321 e. The Hall–Kier alpha value is 0.580. The van der Waals surface area contributed by atoms with E-state index in [0.717, 1.165) is 12.2 Å². The summed E-state index contributed by atoms with van der Waals surface area (Å²) in [6.45, 7) is 15.9. The highest BCUT2D eigenvalue weighted by Gasteiger charge is 2.77. The Morgan fingerprint density at radius 1 is 0.740 bits per heavy atom. The zero-order valence-corrected chi connectivity index (χ0v) is 34.8. The number of nitrogens with zero attached hydrogens (tertiary/aromatic N) is 4. The van der Waals surface area contributed by atoms with E-state index in [1.807, 2.05) is 13.0 Å². The second-order valence-corrected chi connectivity index (χ2v) is 21.4. The van der Waals surface area contributed by atoms with Crippen LogP contribution < -0.4 is 0 Å². The second-order valence-electron chi connectivity index (χ2n) is 13.0. The van der Waals surface area contributed by atoms with Gasteiger partial charge in [-0.2, -0.15) is 36.9 Å². The molecule has 0 aromatic rings. The molecule has 0 aliphatic carbocycles. The van der Waals surface area contributed by atoms with E-state index in [2.05, 4.69) is 45.4 Å². The van der Waals surface area contributed by atoms with E-state index in [-0.39, 0.29) is 72.9 Å². The molecular formula is C30H50F6N4O4P2S4. The first-order valence-electron chi connectivity index (χ1n) is 16.5. The Balaban J connectivity index is 2.38. The molecule has 2 rings (SSSR count). The zero-order valence-electron chi connectivity index (χ0n) is 29.8. The maximum absolute atomic E-state index is 14.4. The first-order valence-corrected chi connectivity index (χ1v) is 23.4. The molecule has 0 aromatic carbocycles. The highest BCUT2D eigenvalue weighted by Crippen LogP contribution is 2.64. The summed E-state index contributed by atoms with van der Waals surface area (Å²) in [7, 11) is -0.212. The van der Waals surface area contributed by atoms with Crippen molar-refractivity contribution in [2.45, 2.75) is 152 Å². The van der Waals surface area contributed by atoms with Crippen LogP contribution in [0.2, 0.25) is 0 Å². The lowest BCUT2D eigenvalue weighted by atomic mass is 9.94. The lowest BCUT2D eigenvalue weighted by Gasteiger charge is -2.47. The summed E-state index contributed by atoms with van der Waals surface area (Å²) < 4.78 is 110. The molecule has 2 aliphatic rings. The lowest BCUT2D eigenvalue weighted by Crippen LogP contribution is -2.63. The van der Waals surface area contributed by atoms with Crippen molar-refractivity contribution in [2.24, 2.45) is 0 Å². The summed E-state index contributed by atoms with van der Waals surface area (Å²) in [5.41, 5.74) is 0. The van der Waals surface area contributed by atoms with Gasteiger partial charge in [0.25, 0.3) is 17.1 Å². The fraction of sp³-hybridized carbons (Fsp3) is 0.933. The second kappa shape index (κ2) is 21.0. The highest BCUT2D eigenvalue weighted by molar-refractivity contribution is 8.77. The largest absolute Gasteiger partial charge is 0.415 e. The van der Waals surface area contributed by atoms with Crippen molar-refractivity contribution in [1.29, 1.82) is 10.5 Å². The van der Waals surface area contributed by atoms with Crippen LogP contribution in [-0.4, -0.2) is 92.3 Å². The van der Waals surface area contributed by atoms with E-state index in [1.54, 1.807) is 40.1 Å². The molecule has 2 heterocycles. The van der Waals surface area contributed by atoms with Crippen LogP contribution >= 0.6 is 60.2 Å². The molecule has 0 amide bonds. The topological polar surface area (TPSA) is 91.0 Å². The quantitative estimate of drug-likeness (QED) is 0.0537. The van der Waals surface area contributed by atoms with E-state index >= 15 is 0 Å². The van der Waals surface area contributed by atoms with Crippen LogP contribution in [0.15, 0.2) is 0 Å². The Kier molecular flexibility index (Phi) is 19.7. The van der Waals surface area contributed by atoms with E-state index in [0.29, 0.717) is 23.6 Å². The average molecular weight is 835 g/mol. The molecule has 6 unspecified atom stereocenters. The number of hydrogen-bond donors (Lipinski definition) is 0. The maximum Gasteiger partial charge on any atom is 0.415 e. The fourth-order valence-electron chi connectivity index (χ4n) is 5.67. The third-order valence-electron chi connectivity index (χ3n) is 8.08. The molecule has 0 radical (unpaired) electrons. The molecule has 0 aromatic heterocycles. The van der Waals surface area contributed by atoms with Gasteiger partial charge in [0.1, 0.15) is 0 Å². The minimum atomic E-state index is -5.63. The van der Waals surface area contributed by atoms with Gasteiger partial charge in [-0.05, 0) is 81.1 Å². The van der Waals surface area contributed by atoms with Gasteiger partial charge in [0, 0.05) is 35.7 Å². The van der Waals surface area contributed by atoms with Gasteiger partial charge in [-0.25, -0.2) is 9.34 Å². The van der Waals surface area contributed by atoms with Gasteiger partial charge in [0.2, 0.25) is 4.75 Å². The monoisotopic (exact) mass is 834 g/mol. The predicted octanol–water partition coefficient (Wildman–Crippen LogP) is 11.3. The molecule has 6 atom stereocenters. The summed E-state index contributed by atoms with van der Waals surface area (Å²) in [6, 6.07) is 3.53. The molecule has 0 N–H and O–H groups in total. The Labute approximate surface area is 312 Å². The van der Waals surface area contributed by atoms with E-state index in [4.69, 9.17) is 28.6 Å². The van der Waals surface area contributed by atoms with Gasteiger partial charge in [0.15, 0.2) is 0 Å². The van der Waals surface area contributed by atoms with Crippen LogP contribution in [-0.2, 0) is 18.1 Å². The van der Waals surface area contributed by atoms with Crippen molar-refractivity contribution >= 4 is 60.2 Å². The average Bonchev–Trinajstić information content (AvgIpc) is 3.00. The molecule has 2 aliphatic heterocycles. The minimum Gasteiger partial charge on any atom is -0.321 e. The minimum absolute atomic E-state index is 0.0459. The summed E-state index contributed by atoms with van der Waals surface area (Å²) in [5, 5.41) is 18.2. The molecule has 2 saturated heterocycles. The summed E-state index contributed by atoms with van der Waals surface area (Å²) >= 11 is 0. The Morgan fingerprint density at radius 2 is 1.18 bits per heavy atom. The van der Waals surface area contributed by atoms with Gasteiger partial charge in [-0.1, -0.05) is 43.2 Å². The lowest BCUT2D eigenvalue weighted by molar-refractivity contribution is -0.283. The van der Waals surface area contributed by atoms with Crippen molar-refractivity contribution in [3.8, 4) is 12.1 Å². The van der Waals surface area contributed by atoms with Crippen LogP contribution in [0.4, 0.5) is 26.3 Å². The number of nitriles is 2. The zero-order chi connectivity index (χ0) is 37.9. The van der Waals surface area contributed by atoms with Crippen LogP contribution in [0.25, 0.3) is 0 Å². The van der Waals surface area contributed by atoms with Crippen LogP contribution in [0.3, 0.4) is 0 Å². The third-order valence-corrected chi connectivity index (χ3v) is 18.8. The predicted molar refractivity (Wildman–Crippen MR) is 196 cm³/mol. The summed E-state index contributed by atoms with van der Waals surface area (Å²) in [5.74, 6) is 0.900. The molecule has 0 saturated carbocycles. The first-order chi connectivity index (χ1) is 23.3. The molecule has 2 fully saturated rings. The molecule has 290 valence electrons. The van der Waals surface area contributed by atoms with Gasteiger partial charge in [-0.15, -0.1) is 0 Å². The number of alkyl halides is 6. The molecule has 0 bridgehead atoms. The molecule has 20 heteroatoms. The van der Waals surface area contributed by atoms with Crippen molar-refractivity contribution < 1.29 is 44.4 Å². The number of rotatable bonds is 19. The normalized spacial score (nSPS) is 25.2. The van der Waals surface area contributed by atoms with Crippen molar-refractivity contribution in [1.82, 2.24) is 9.34 Å². The van der Waals surface area contributed by atoms with Gasteiger partial charge < -0.3 is 18.1 Å². The van der Waals surface area contributed by atoms with Crippen molar-refractivity contribution in [3.63, 3.8) is 0 Å². The first kappa shape index (κ1) is 46.7. The summed E-state index contributed by atoms with van der Waals surface area (Å²) in [4.78, 5) is 0. The number of hydrogen-bond acceptors (Lipinski definition) is 12. The van der Waals surface area contributed by atoms with Gasteiger partial charge in [-0.3, -0.25) is 0 Å². The molecule has 50 heavy (non-hydrogen) atoms. The Bertz CT molecular complexity index is 1100. The third kappa shape index (κ3) is 12.3. The molecular weight excluding hydrogens is 785 g/mol.